The third-order valence-electron chi connectivity index (χ3n) is 2.58. The molecule has 2 rings (SSSR count). The minimum absolute atomic E-state index is 0.135. The van der Waals surface area contributed by atoms with E-state index in [1.54, 1.807) is 12.3 Å². The molecule has 1 atom stereocenters. The van der Waals surface area contributed by atoms with Crippen LogP contribution in [0.5, 0.6) is 0 Å². The first kappa shape index (κ1) is 13.0. The normalized spacial score (nSPS) is 12.4. The highest BCUT2D eigenvalue weighted by molar-refractivity contribution is 9.10. The van der Waals surface area contributed by atoms with Crippen molar-refractivity contribution in [2.75, 3.05) is 11.1 Å². The number of furan rings is 1. The molecule has 2 aromatic rings. The molecule has 0 saturated carbocycles. The van der Waals surface area contributed by atoms with Crippen LogP contribution in [0.3, 0.4) is 0 Å². The standard InChI is InChI=1S/C13H14BrFN2O/c1-8(5-9-3-2-4-18-9)17-13-6-10(14)11(15)7-12(13)16/h2-4,6-8,17H,5,16H2,1H3. The molecule has 1 heterocycles. The van der Waals surface area contributed by atoms with Crippen LogP contribution in [0.15, 0.2) is 39.4 Å². The lowest BCUT2D eigenvalue weighted by Gasteiger charge is -2.16. The summed E-state index contributed by atoms with van der Waals surface area (Å²) in [6.45, 7) is 2.01. The molecule has 1 aromatic heterocycles. The summed E-state index contributed by atoms with van der Waals surface area (Å²) in [6, 6.07) is 6.85. The zero-order valence-electron chi connectivity index (χ0n) is 9.91. The van der Waals surface area contributed by atoms with Gasteiger partial charge < -0.3 is 15.5 Å². The lowest BCUT2D eigenvalue weighted by molar-refractivity contribution is 0.498. The second kappa shape index (κ2) is 5.44. The van der Waals surface area contributed by atoms with Crippen LogP contribution in [-0.4, -0.2) is 6.04 Å². The molecular weight excluding hydrogens is 299 g/mol. The van der Waals surface area contributed by atoms with Gasteiger partial charge in [0.1, 0.15) is 11.6 Å². The van der Waals surface area contributed by atoms with Crippen molar-refractivity contribution in [1.82, 2.24) is 0 Å². The molecule has 3 nitrogen and oxygen atoms in total. The Morgan fingerprint density at radius 2 is 2.28 bits per heavy atom. The van der Waals surface area contributed by atoms with Crippen molar-refractivity contribution in [3.05, 3.63) is 46.6 Å². The zero-order chi connectivity index (χ0) is 13.1. The Hall–Kier alpha value is -1.49. The molecule has 0 aliphatic heterocycles. The van der Waals surface area contributed by atoms with E-state index >= 15 is 0 Å². The smallest absolute Gasteiger partial charge is 0.139 e. The minimum Gasteiger partial charge on any atom is -0.469 e. The van der Waals surface area contributed by atoms with Crippen molar-refractivity contribution in [2.45, 2.75) is 19.4 Å². The Kier molecular flexibility index (Phi) is 3.91. The number of nitrogen functional groups attached to an aromatic ring is 1. The second-order valence-corrected chi connectivity index (χ2v) is 5.04. The van der Waals surface area contributed by atoms with Gasteiger partial charge in [0.25, 0.3) is 0 Å². The van der Waals surface area contributed by atoms with E-state index in [0.717, 1.165) is 12.2 Å². The highest BCUT2D eigenvalue weighted by Crippen LogP contribution is 2.27. The van der Waals surface area contributed by atoms with Crippen LogP contribution in [0, 0.1) is 5.82 Å². The molecule has 96 valence electrons. The third-order valence-corrected chi connectivity index (χ3v) is 3.19. The third kappa shape index (κ3) is 3.04. The number of hydrogen-bond donors (Lipinski definition) is 2. The van der Waals surface area contributed by atoms with Gasteiger partial charge in [-0.05, 0) is 41.1 Å². The Bertz CT molecular complexity index is 528. The topological polar surface area (TPSA) is 51.2 Å². The number of anilines is 2. The fourth-order valence-corrected chi connectivity index (χ4v) is 2.08. The molecule has 0 saturated heterocycles. The minimum atomic E-state index is -0.364. The fraction of sp³-hybridized carbons (Fsp3) is 0.231. The van der Waals surface area contributed by atoms with Gasteiger partial charge in [0, 0.05) is 18.5 Å². The van der Waals surface area contributed by atoms with Gasteiger partial charge in [0.2, 0.25) is 0 Å². The van der Waals surface area contributed by atoms with Crippen LogP contribution in [0.25, 0.3) is 0 Å². The summed E-state index contributed by atoms with van der Waals surface area (Å²) in [6.07, 6.45) is 2.38. The summed E-state index contributed by atoms with van der Waals surface area (Å²) in [5, 5.41) is 3.23. The Morgan fingerprint density at radius 1 is 1.50 bits per heavy atom. The number of halogens is 2. The number of rotatable bonds is 4. The summed E-state index contributed by atoms with van der Waals surface area (Å²) >= 11 is 3.14. The van der Waals surface area contributed by atoms with E-state index in [1.165, 1.54) is 6.07 Å². The average molecular weight is 313 g/mol. The quantitative estimate of drug-likeness (QED) is 0.844. The monoisotopic (exact) mass is 312 g/mol. The Balaban J connectivity index is 2.07. The number of benzene rings is 1. The molecule has 0 radical (unpaired) electrons. The fourth-order valence-electron chi connectivity index (χ4n) is 1.73. The maximum atomic E-state index is 13.2. The lowest BCUT2D eigenvalue weighted by Crippen LogP contribution is -2.18. The molecule has 1 unspecified atom stereocenters. The first-order valence-electron chi connectivity index (χ1n) is 5.59. The molecule has 0 spiro atoms. The van der Waals surface area contributed by atoms with Crippen molar-refractivity contribution in [3.8, 4) is 0 Å². The molecule has 1 aromatic carbocycles. The number of nitrogens with two attached hydrogens (primary N) is 1. The van der Waals surface area contributed by atoms with Gasteiger partial charge >= 0.3 is 0 Å². The maximum absolute atomic E-state index is 13.2. The van der Waals surface area contributed by atoms with E-state index in [1.807, 2.05) is 19.1 Å². The molecular formula is C13H14BrFN2O. The van der Waals surface area contributed by atoms with Crippen LogP contribution < -0.4 is 11.1 Å². The predicted octanol–water partition coefficient (Wildman–Crippen LogP) is 3.81. The van der Waals surface area contributed by atoms with Gasteiger partial charge in [-0.3, -0.25) is 0 Å². The van der Waals surface area contributed by atoms with E-state index in [-0.39, 0.29) is 11.9 Å². The number of nitrogens with one attached hydrogen (secondary N) is 1. The van der Waals surface area contributed by atoms with E-state index in [2.05, 4.69) is 21.2 Å². The van der Waals surface area contributed by atoms with Crippen LogP contribution in [0.4, 0.5) is 15.8 Å². The molecule has 0 aliphatic carbocycles. The highest BCUT2D eigenvalue weighted by Gasteiger charge is 2.10. The van der Waals surface area contributed by atoms with Crippen LogP contribution in [0.1, 0.15) is 12.7 Å². The number of hydrogen-bond acceptors (Lipinski definition) is 3. The van der Waals surface area contributed by atoms with E-state index in [0.29, 0.717) is 15.8 Å². The summed E-state index contributed by atoms with van der Waals surface area (Å²) in [7, 11) is 0. The van der Waals surface area contributed by atoms with Gasteiger partial charge in [0.15, 0.2) is 0 Å². The van der Waals surface area contributed by atoms with Crippen LogP contribution in [-0.2, 0) is 6.42 Å². The molecule has 0 fully saturated rings. The first-order chi connectivity index (χ1) is 8.56. The summed E-state index contributed by atoms with van der Waals surface area (Å²) < 4.78 is 18.9. The van der Waals surface area contributed by atoms with Crippen molar-refractivity contribution >= 4 is 27.3 Å². The van der Waals surface area contributed by atoms with Crippen molar-refractivity contribution in [1.29, 1.82) is 0 Å². The largest absolute Gasteiger partial charge is 0.469 e. The summed E-state index contributed by atoms with van der Waals surface area (Å²) in [5.74, 6) is 0.534. The van der Waals surface area contributed by atoms with Gasteiger partial charge in [0.05, 0.1) is 22.1 Å². The highest BCUT2D eigenvalue weighted by atomic mass is 79.9. The van der Waals surface area contributed by atoms with Crippen molar-refractivity contribution in [2.24, 2.45) is 0 Å². The van der Waals surface area contributed by atoms with Gasteiger partial charge in [-0.25, -0.2) is 4.39 Å². The molecule has 18 heavy (non-hydrogen) atoms. The second-order valence-electron chi connectivity index (χ2n) is 4.18. The summed E-state index contributed by atoms with van der Waals surface area (Å²) in [5.41, 5.74) is 6.87. The van der Waals surface area contributed by atoms with Crippen molar-refractivity contribution in [3.63, 3.8) is 0 Å². The first-order valence-corrected chi connectivity index (χ1v) is 6.39. The van der Waals surface area contributed by atoms with E-state index < -0.39 is 0 Å². The van der Waals surface area contributed by atoms with Gasteiger partial charge in [-0.1, -0.05) is 0 Å². The maximum Gasteiger partial charge on any atom is 0.139 e. The average Bonchev–Trinajstić information content (AvgIpc) is 2.78. The summed E-state index contributed by atoms with van der Waals surface area (Å²) in [4.78, 5) is 0. The molecule has 0 bridgehead atoms. The van der Waals surface area contributed by atoms with Gasteiger partial charge in [-0.2, -0.15) is 0 Å². The molecule has 0 aliphatic rings. The lowest BCUT2D eigenvalue weighted by atomic mass is 10.1. The van der Waals surface area contributed by atoms with Crippen molar-refractivity contribution < 1.29 is 8.81 Å². The van der Waals surface area contributed by atoms with E-state index in [4.69, 9.17) is 10.2 Å². The van der Waals surface area contributed by atoms with Crippen LogP contribution in [0.2, 0.25) is 0 Å². The Morgan fingerprint density at radius 3 is 2.94 bits per heavy atom. The zero-order valence-corrected chi connectivity index (χ0v) is 11.5. The van der Waals surface area contributed by atoms with Crippen LogP contribution >= 0.6 is 15.9 Å². The van der Waals surface area contributed by atoms with E-state index in [9.17, 15) is 4.39 Å². The predicted molar refractivity (Wildman–Crippen MR) is 74.0 cm³/mol. The Labute approximate surface area is 113 Å². The molecule has 5 heteroatoms. The molecule has 0 amide bonds. The van der Waals surface area contributed by atoms with Gasteiger partial charge in [-0.15, -0.1) is 0 Å². The SMILES string of the molecule is CC(Cc1ccco1)Nc1cc(Br)c(F)cc1N. The molecule has 3 N–H and O–H groups in total.